The van der Waals surface area contributed by atoms with E-state index in [1.165, 1.54) is 0 Å². The topological polar surface area (TPSA) is 83.6 Å². The number of nitrogens with zero attached hydrogens (tertiary/aromatic N) is 2. The molecular formula is C30H28Cl2N4O3. The van der Waals surface area contributed by atoms with Crippen LogP contribution in [0.25, 0.3) is 10.9 Å². The molecule has 7 rings (SSSR count). The lowest BCUT2D eigenvalue weighted by Crippen LogP contribution is -2.56. The molecule has 4 heterocycles. The Balaban J connectivity index is 1.43. The van der Waals surface area contributed by atoms with E-state index in [-0.39, 0.29) is 23.5 Å². The minimum absolute atomic E-state index is 0.106. The summed E-state index contributed by atoms with van der Waals surface area (Å²) in [6, 6.07) is 12.5. The van der Waals surface area contributed by atoms with Gasteiger partial charge >= 0.3 is 0 Å². The fourth-order valence-electron chi connectivity index (χ4n) is 6.22. The molecule has 2 bridgehead atoms. The maximum atomic E-state index is 12.9. The molecule has 0 radical (unpaired) electrons. The van der Waals surface area contributed by atoms with E-state index in [1.54, 1.807) is 31.5 Å². The van der Waals surface area contributed by atoms with Crippen molar-refractivity contribution in [2.75, 3.05) is 30.8 Å². The summed E-state index contributed by atoms with van der Waals surface area (Å²) in [4.78, 5) is 32.7. The molecule has 0 aliphatic carbocycles. The quantitative estimate of drug-likeness (QED) is 0.203. The normalized spacial score (nSPS) is 23.1. The Hall–Kier alpha value is -3.39. The number of halogens is 2. The molecular weight excluding hydrogens is 535 g/mol. The largest absolute Gasteiger partial charge is 0.497 e. The number of pyridine rings is 1. The highest BCUT2D eigenvalue weighted by molar-refractivity contribution is 6.35. The maximum absolute atomic E-state index is 12.9. The van der Waals surface area contributed by atoms with Crippen molar-refractivity contribution in [2.24, 2.45) is 11.8 Å². The van der Waals surface area contributed by atoms with Gasteiger partial charge in [0.15, 0.2) is 0 Å². The fraction of sp³-hybridized carbons (Fsp3) is 0.300. The van der Waals surface area contributed by atoms with Crippen LogP contribution in [0.1, 0.15) is 24.4 Å². The van der Waals surface area contributed by atoms with Gasteiger partial charge in [-0.3, -0.25) is 19.5 Å². The minimum atomic E-state index is -0.578. The zero-order chi connectivity index (χ0) is 27.3. The van der Waals surface area contributed by atoms with E-state index in [4.69, 9.17) is 27.9 Å². The van der Waals surface area contributed by atoms with Crippen LogP contribution in [0.5, 0.6) is 5.75 Å². The molecule has 5 atom stereocenters. The first kappa shape index (κ1) is 25.9. The lowest BCUT2D eigenvalue weighted by molar-refractivity contribution is 0.0105. The Morgan fingerprint density at radius 2 is 1.87 bits per heavy atom. The molecule has 3 unspecified atom stereocenters. The predicted octanol–water partition coefficient (Wildman–Crippen LogP) is 5.94. The first-order valence-corrected chi connectivity index (χ1v) is 13.7. The van der Waals surface area contributed by atoms with Gasteiger partial charge in [0.05, 0.1) is 18.7 Å². The second-order valence-electron chi connectivity index (χ2n) is 10.3. The van der Waals surface area contributed by atoms with E-state index in [0.29, 0.717) is 27.6 Å². The fourth-order valence-corrected chi connectivity index (χ4v) is 6.75. The van der Waals surface area contributed by atoms with Crippen molar-refractivity contribution in [3.63, 3.8) is 0 Å². The number of fused-ring (bicyclic) bond motifs is 4. The molecule has 1 aromatic heterocycles. The van der Waals surface area contributed by atoms with Crippen LogP contribution in [0.3, 0.4) is 0 Å². The van der Waals surface area contributed by atoms with Crippen LogP contribution >= 0.6 is 23.2 Å². The van der Waals surface area contributed by atoms with Crippen LogP contribution in [0, 0.1) is 11.8 Å². The molecule has 200 valence electrons. The number of hydrogen-bond donors (Lipinski definition) is 2. The number of methoxy groups -OCH3 is 1. The molecule has 2 N–H and O–H groups in total. The molecule has 3 saturated heterocycles. The highest BCUT2D eigenvalue weighted by atomic mass is 35.5. The zero-order valence-corrected chi connectivity index (χ0v) is 22.9. The molecule has 0 amide bonds. The summed E-state index contributed by atoms with van der Waals surface area (Å²) in [5.74, 6) is 1.69. The van der Waals surface area contributed by atoms with Gasteiger partial charge < -0.3 is 15.4 Å². The standard InChI is InChI=1S/C30H28Cl2N4O3/c1-3-16-15-36-9-7-17(16)10-25(36)26(22-6-8-33-24-5-4-21(39-2)14-23(22)24)35-28-27(29(37)30(28)38)34-20-12-18(31)11-19(32)13-20/h3-6,8,11-14,16-17,25-26,34-35H,1,7,9-10,15H2,2H3/t16?,17?,25-,26-/m0/s1. The lowest BCUT2D eigenvalue weighted by atomic mass is 9.73. The minimum Gasteiger partial charge on any atom is -0.497 e. The molecule has 4 aromatic rings. The van der Waals surface area contributed by atoms with Gasteiger partial charge in [-0.15, -0.1) is 6.58 Å². The summed E-state index contributed by atoms with van der Waals surface area (Å²) >= 11 is 12.3. The molecule has 0 saturated carbocycles. The van der Waals surface area contributed by atoms with E-state index in [0.717, 1.165) is 48.1 Å². The third kappa shape index (κ3) is 4.69. The molecule has 3 aliphatic heterocycles. The maximum Gasteiger partial charge on any atom is 0.253 e. The molecule has 3 fully saturated rings. The van der Waals surface area contributed by atoms with Gasteiger partial charge in [0.2, 0.25) is 0 Å². The summed E-state index contributed by atoms with van der Waals surface area (Å²) in [7, 11) is 1.64. The molecule has 3 aromatic carbocycles. The second kappa shape index (κ2) is 10.3. The average molecular weight is 563 g/mol. The molecule has 0 spiro atoms. The van der Waals surface area contributed by atoms with Crippen molar-refractivity contribution >= 4 is 51.2 Å². The molecule has 39 heavy (non-hydrogen) atoms. The van der Waals surface area contributed by atoms with Gasteiger partial charge in [0, 0.05) is 39.9 Å². The van der Waals surface area contributed by atoms with E-state index in [9.17, 15) is 9.59 Å². The van der Waals surface area contributed by atoms with Crippen LogP contribution in [0.2, 0.25) is 10.0 Å². The highest BCUT2D eigenvalue weighted by Gasteiger charge is 2.43. The van der Waals surface area contributed by atoms with E-state index < -0.39 is 10.9 Å². The van der Waals surface area contributed by atoms with Crippen LogP contribution in [0.15, 0.2) is 70.9 Å². The number of rotatable bonds is 8. The first-order valence-electron chi connectivity index (χ1n) is 13.0. The van der Waals surface area contributed by atoms with Gasteiger partial charge in [0.1, 0.15) is 17.1 Å². The number of benzene rings is 2. The third-order valence-corrected chi connectivity index (χ3v) is 8.63. The number of piperidine rings is 3. The smallest absolute Gasteiger partial charge is 0.253 e. The van der Waals surface area contributed by atoms with Crippen LogP contribution < -0.4 is 26.2 Å². The summed E-state index contributed by atoms with van der Waals surface area (Å²) in [5.41, 5.74) is 1.70. The summed E-state index contributed by atoms with van der Waals surface area (Å²) in [6.45, 7) is 5.95. The van der Waals surface area contributed by atoms with Crippen molar-refractivity contribution in [1.82, 2.24) is 9.88 Å². The second-order valence-corrected chi connectivity index (χ2v) is 11.2. The van der Waals surface area contributed by atoms with Crippen molar-refractivity contribution in [3.05, 3.63) is 97.4 Å². The van der Waals surface area contributed by atoms with Crippen LogP contribution in [-0.4, -0.2) is 36.1 Å². The predicted molar refractivity (Wildman–Crippen MR) is 158 cm³/mol. The molecule has 3 aliphatic rings. The van der Waals surface area contributed by atoms with E-state index >= 15 is 0 Å². The number of nitrogens with one attached hydrogen (secondary N) is 2. The van der Waals surface area contributed by atoms with Gasteiger partial charge in [0.25, 0.3) is 10.9 Å². The number of aromatic nitrogens is 1. The Kier molecular flexibility index (Phi) is 6.83. The summed E-state index contributed by atoms with van der Waals surface area (Å²) in [5, 5.41) is 8.38. The monoisotopic (exact) mass is 562 g/mol. The van der Waals surface area contributed by atoms with Gasteiger partial charge in [-0.1, -0.05) is 29.3 Å². The van der Waals surface area contributed by atoms with Crippen LogP contribution in [0.4, 0.5) is 17.1 Å². The van der Waals surface area contributed by atoms with Crippen molar-refractivity contribution in [2.45, 2.75) is 24.9 Å². The molecule has 7 nitrogen and oxygen atoms in total. The lowest BCUT2D eigenvalue weighted by Gasteiger charge is -2.52. The Bertz CT molecular complexity index is 1630. The highest BCUT2D eigenvalue weighted by Crippen LogP contribution is 2.44. The number of ether oxygens (including phenoxy) is 1. The van der Waals surface area contributed by atoms with Gasteiger partial charge in [-0.05, 0) is 79.3 Å². The average Bonchev–Trinajstić information content (AvgIpc) is 2.95. The number of anilines is 3. The Labute approximate surface area is 236 Å². The van der Waals surface area contributed by atoms with E-state index in [2.05, 4.69) is 33.2 Å². The van der Waals surface area contributed by atoms with Crippen molar-refractivity contribution < 1.29 is 4.74 Å². The number of hydrogen-bond acceptors (Lipinski definition) is 7. The zero-order valence-electron chi connectivity index (χ0n) is 21.4. The summed E-state index contributed by atoms with van der Waals surface area (Å²) in [6.07, 6.45) is 5.92. The SMILES string of the molecule is C=CC1CN2CCC1C[C@H]2[C@@H](Nc1c(Nc2cc(Cl)cc(Cl)c2)c(=O)c1=O)c1ccnc2ccc(OC)cc12. The Morgan fingerprint density at radius 1 is 1.10 bits per heavy atom. The van der Waals surface area contributed by atoms with Crippen molar-refractivity contribution in [1.29, 1.82) is 0 Å². The van der Waals surface area contributed by atoms with Crippen molar-refractivity contribution in [3.8, 4) is 5.75 Å². The van der Waals surface area contributed by atoms with Gasteiger partial charge in [-0.25, -0.2) is 0 Å². The first-order chi connectivity index (χ1) is 18.9. The Morgan fingerprint density at radius 3 is 2.56 bits per heavy atom. The van der Waals surface area contributed by atoms with E-state index in [1.807, 2.05) is 24.3 Å². The third-order valence-electron chi connectivity index (χ3n) is 8.20. The van der Waals surface area contributed by atoms with Gasteiger partial charge in [-0.2, -0.15) is 0 Å². The summed E-state index contributed by atoms with van der Waals surface area (Å²) < 4.78 is 5.52. The molecule has 9 heteroatoms. The van der Waals surface area contributed by atoms with Crippen LogP contribution in [-0.2, 0) is 0 Å².